The first-order valence-corrected chi connectivity index (χ1v) is 12.2. The minimum atomic E-state index is -0.297. The van der Waals surface area contributed by atoms with Crippen molar-refractivity contribution < 1.29 is 14.4 Å². The van der Waals surface area contributed by atoms with Gasteiger partial charge < -0.3 is 15.5 Å². The van der Waals surface area contributed by atoms with Gasteiger partial charge in [0.2, 0.25) is 11.8 Å². The van der Waals surface area contributed by atoms with Crippen molar-refractivity contribution in [2.75, 3.05) is 18.4 Å². The van der Waals surface area contributed by atoms with E-state index >= 15 is 0 Å². The van der Waals surface area contributed by atoms with Crippen molar-refractivity contribution >= 4 is 39.3 Å². The van der Waals surface area contributed by atoms with E-state index in [1.54, 1.807) is 18.2 Å². The highest BCUT2D eigenvalue weighted by molar-refractivity contribution is 9.10. The van der Waals surface area contributed by atoms with Crippen LogP contribution < -0.4 is 10.6 Å². The van der Waals surface area contributed by atoms with Gasteiger partial charge in [-0.1, -0.05) is 60.1 Å². The van der Waals surface area contributed by atoms with Crippen molar-refractivity contribution in [2.24, 2.45) is 11.8 Å². The maximum atomic E-state index is 13.3. The van der Waals surface area contributed by atoms with Gasteiger partial charge >= 0.3 is 0 Å². The Morgan fingerprint density at radius 1 is 1.00 bits per heavy atom. The van der Waals surface area contributed by atoms with Crippen LogP contribution in [0.3, 0.4) is 0 Å². The van der Waals surface area contributed by atoms with E-state index in [2.05, 4.69) is 40.4 Å². The van der Waals surface area contributed by atoms with Gasteiger partial charge in [0.05, 0.1) is 17.3 Å². The topological polar surface area (TPSA) is 78.5 Å². The first-order valence-electron chi connectivity index (χ1n) is 11.5. The number of halogens is 1. The second-order valence-electron chi connectivity index (χ2n) is 9.09. The number of nitrogens with zero attached hydrogens (tertiary/aromatic N) is 1. The Balaban J connectivity index is 1.59. The van der Waals surface area contributed by atoms with E-state index in [-0.39, 0.29) is 36.6 Å². The molecule has 1 aliphatic heterocycles. The standard InChI is InChI=1S/C26H32BrN3O3/c1-17-13-18(2)16-30(15-17)26(33)22-14-21(27)9-10-23(22)29-25(32)12-11-24(31)28-19(3)20-7-5-4-6-8-20/h4-10,14,17-19H,11-13,15-16H2,1-3H3,(H,28,31)(H,29,32)/t17-,18+,19-/m0/s1. The third kappa shape index (κ3) is 7.16. The lowest BCUT2D eigenvalue weighted by Gasteiger charge is -2.35. The Morgan fingerprint density at radius 2 is 1.64 bits per heavy atom. The third-order valence-electron chi connectivity index (χ3n) is 5.90. The fraction of sp³-hybridized carbons (Fsp3) is 0.423. The second-order valence-corrected chi connectivity index (χ2v) is 10.0. The van der Waals surface area contributed by atoms with Gasteiger partial charge in [-0.05, 0) is 48.9 Å². The number of rotatable bonds is 7. The average molecular weight is 514 g/mol. The summed E-state index contributed by atoms with van der Waals surface area (Å²) >= 11 is 3.43. The molecule has 3 amide bonds. The SMILES string of the molecule is C[C@@H]1C[C@H](C)CN(C(=O)c2cc(Br)ccc2NC(=O)CCC(=O)N[C@@H](C)c2ccccc2)C1. The largest absolute Gasteiger partial charge is 0.350 e. The predicted octanol–water partition coefficient (Wildman–Crippen LogP) is 5.16. The molecule has 0 saturated carbocycles. The molecule has 0 radical (unpaired) electrons. The Labute approximate surface area is 204 Å². The molecule has 3 atom stereocenters. The van der Waals surface area contributed by atoms with Crippen LogP contribution in [-0.2, 0) is 9.59 Å². The fourth-order valence-corrected chi connectivity index (χ4v) is 4.74. The quantitative estimate of drug-likeness (QED) is 0.536. The molecular weight excluding hydrogens is 482 g/mol. The molecule has 0 bridgehead atoms. The number of carbonyl (C=O) groups is 3. The Hall–Kier alpha value is -2.67. The van der Waals surface area contributed by atoms with Gasteiger partial charge in [0, 0.05) is 30.4 Å². The molecule has 3 rings (SSSR count). The fourth-order valence-electron chi connectivity index (χ4n) is 4.38. The van der Waals surface area contributed by atoms with Crippen LogP contribution in [0.4, 0.5) is 5.69 Å². The van der Waals surface area contributed by atoms with Gasteiger partial charge in [-0.25, -0.2) is 0 Å². The van der Waals surface area contributed by atoms with E-state index in [1.807, 2.05) is 42.2 Å². The summed E-state index contributed by atoms with van der Waals surface area (Å²) in [5.41, 5.74) is 1.94. The number of piperidine rings is 1. The summed E-state index contributed by atoms with van der Waals surface area (Å²) in [6, 6.07) is 14.8. The van der Waals surface area contributed by atoms with Crippen LogP contribution in [0, 0.1) is 11.8 Å². The summed E-state index contributed by atoms with van der Waals surface area (Å²) in [4.78, 5) is 40.0. The van der Waals surface area contributed by atoms with E-state index in [0.29, 0.717) is 36.2 Å². The molecule has 2 aromatic rings. The lowest BCUT2D eigenvalue weighted by molar-refractivity contribution is -0.124. The summed E-state index contributed by atoms with van der Waals surface area (Å²) < 4.78 is 0.774. The number of hydrogen-bond donors (Lipinski definition) is 2. The van der Waals surface area contributed by atoms with Gasteiger partial charge in [0.1, 0.15) is 0 Å². The lowest BCUT2D eigenvalue weighted by atomic mass is 9.91. The number of amides is 3. The first-order chi connectivity index (χ1) is 15.7. The smallest absolute Gasteiger partial charge is 0.256 e. The van der Waals surface area contributed by atoms with Crippen LogP contribution in [0.15, 0.2) is 53.0 Å². The first kappa shape index (κ1) is 25.0. The zero-order chi connectivity index (χ0) is 24.0. The highest BCUT2D eigenvalue weighted by atomic mass is 79.9. The van der Waals surface area contributed by atoms with Crippen molar-refractivity contribution in [2.45, 2.75) is 46.1 Å². The summed E-state index contributed by atoms with van der Waals surface area (Å²) in [5.74, 6) is 0.318. The molecule has 33 heavy (non-hydrogen) atoms. The van der Waals surface area contributed by atoms with Crippen LogP contribution >= 0.6 is 15.9 Å². The molecule has 0 unspecified atom stereocenters. The normalized spacial score (nSPS) is 19.0. The lowest BCUT2D eigenvalue weighted by Crippen LogP contribution is -2.42. The number of likely N-dealkylation sites (tertiary alicyclic amines) is 1. The predicted molar refractivity (Wildman–Crippen MR) is 134 cm³/mol. The molecule has 2 N–H and O–H groups in total. The number of benzene rings is 2. The van der Waals surface area contributed by atoms with Crippen LogP contribution in [-0.4, -0.2) is 35.7 Å². The van der Waals surface area contributed by atoms with E-state index < -0.39 is 0 Å². The Bertz CT molecular complexity index is 986. The van der Waals surface area contributed by atoms with Crippen molar-refractivity contribution in [3.63, 3.8) is 0 Å². The van der Waals surface area contributed by atoms with E-state index in [9.17, 15) is 14.4 Å². The van der Waals surface area contributed by atoms with Crippen molar-refractivity contribution in [1.29, 1.82) is 0 Å². The molecule has 1 fully saturated rings. The van der Waals surface area contributed by atoms with Gasteiger partial charge in [-0.15, -0.1) is 0 Å². The monoisotopic (exact) mass is 513 g/mol. The minimum Gasteiger partial charge on any atom is -0.350 e. The number of nitrogens with one attached hydrogen (secondary N) is 2. The molecule has 2 aromatic carbocycles. The van der Waals surface area contributed by atoms with E-state index in [0.717, 1.165) is 16.5 Å². The third-order valence-corrected chi connectivity index (χ3v) is 6.39. The molecule has 176 valence electrons. The van der Waals surface area contributed by atoms with Crippen molar-refractivity contribution in [3.05, 3.63) is 64.1 Å². The maximum absolute atomic E-state index is 13.3. The van der Waals surface area contributed by atoms with Crippen molar-refractivity contribution in [3.8, 4) is 0 Å². The van der Waals surface area contributed by atoms with Crippen LogP contribution in [0.5, 0.6) is 0 Å². The zero-order valence-corrected chi connectivity index (χ0v) is 21.0. The van der Waals surface area contributed by atoms with Crippen molar-refractivity contribution in [1.82, 2.24) is 10.2 Å². The van der Waals surface area contributed by atoms with Gasteiger partial charge in [0.25, 0.3) is 5.91 Å². The number of hydrogen-bond acceptors (Lipinski definition) is 3. The van der Waals surface area contributed by atoms with Crippen LogP contribution in [0.25, 0.3) is 0 Å². The Morgan fingerprint density at radius 3 is 2.30 bits per heavy atom. The minimum absolute atomic E-state index is 0.0365. The van der Waals surface area contributed by atoms with Gasteiger partial charge in [-0.3, -0.25) is 14.4 Å². The molecule has 7 heteroatoms. The van der Waals surface area contributed by atoms with Crippen LogP contribution in [0.2, 0.25) is 0 Å². The zero-order valence-electron chi connectivity index (χ0n) is 19.4. The molecule has 1 aliphatic rings. The summed E-state index contributed by atoms with van der Waals surface area (Å²) in [6.07, 6.45) is 1.22. The molecule has 1 saturated heterocycles. The van der Waals surface area contributed by atoms with Crippen LogP contribution in [0.1, 0.15) is 62.0 Å². The molecule has 0 aromatic heterocycles. The molecule has 6 nitrogen and oxygen atoms in total. The van der Waals surface area contributed by atoms with E-state index in [4.69, 9.17) is 0 Å². The number of carbonyl (C=O) groups excluding carboxylic acids is 3. The maximum Gasteiger partial charge on any atom is 0.256 e. The molecule has 0 aliphatic carbocycles. The van der Waals surface area contributed by atoms with Gasteiger partial charge in [0.15, 0.2) is 0 Å². The second kappa shape index (κ2) is 11.5. The summed E-state index contributed by atoms with van der Waals surface area (Å²) in [6.45, 7) is 7.65. The van der Waals surface area contributed by atoms with Gasteiger partial charge in [-0.2, -0.15) is 0 Å². The molecular formula is C26H32BrN3O3. The highest BCUT2D eigenvalue weighted by Gasteiger charge is 2.28. The van der Waals surface area contributed by atoms with E-state index in [1.165, 1.54) is 0 Å². The molecule has 0 spiro atoms. The average Bonchev–Trinajstić information content (AvgIpc) is 2.78. The highest BCUT2D eigenvalue weighted by Crippen LogP contribution is 2.27. The summed E-state index contributed by atoms with van der Waals surface area (Å²) in [7, 11) is 0. The molecule has 1 heterocycles. The number of anilines is 1. The Kier molecular flexibility index (Phi) is 8.67. The summed E-state index contributed by atoms with van der Waals surface area (Å²) in [5, 5.41) is 5.75.